The molecule has 5 nitrogen and oxygen atoms in total. The van der Waals surface area contributed by atoms with Crippen LogP contribution < -0.4 is 0 Å². The van der Waals surface area contributed by atoms with Crippen LogP contribution >= 0.6 is 23.4 Å². The van der Waals surface area contributed by atoms with E-state index >= 15 is 0 Å². The summed E-state index contributed by atoms with van der Waals surface area (Å²) in [4.78, 5) is 19.9. The molecule has 0 atom stereocenters. The molecule has 0 N–H and O–H groups in total. The minimum absolute atomic E-state index is 0.106. The van der Waals surface area contributed by atoms with Crippen molar-refractivity contribution in [1.82, 2.24) is 19.7 Å². The minimum atomic E-state index is 0.106. The highest BCUT2D eigenvalue weighted by atomic mass is 35.5. The van der Waals surface area contributed by atoms with E-state index in [4.69, 9.17) is 11.6 Å². The second kappa shape index (κ2) is 8.80. The maximum Gasteiger partial charge on any atom is 0.253 e. The molecule has 1 aliphatic rings. The fourth-order valence-corrected chi connectivity index (χ4v) is 4.34. The molecule has 3 aromatic rings. The molecule has 1 amide bonds. The number of halogens is 1. The molecule has 1 aromatic heterocycles. The number of rotatable bonds is 5. The minimum Gasteiger partial charge on any atom is -0.338 e. The Bertz CT molecular complexity index is 905. The first kappa shape index (κ1) is 19.0. The van der Waals surface area contributed by atoms with E-state index in [2.05, 4.69) is 10.1 Å². The molecule has 2 heterocycles. The summed E-state index contributed by atoms with van der Waals surface area (Å²) in [5.41, 5.74) is 1.95. The van der Waals surface area contributed by atoms with Crippen molar-refractivity contribution in [1.29, 1.82) is 0 Å². The third-order valence-corrected chi connectivity index (χ3v) is 6.32. The molecule has 0 spiro atoms. The highest BCUT2D eigenvalue weighted by molar-refractivity contribution is 7.98. The molecule has 28 heavy (non-hydrogen) atoms. The van der Waals surface area contributed by atoms with Gasteiger partial charge in [0, 0.05) is 34.3 Å². The molecule has 1 aliphatic heterocycles. The Hall–Kier alpha value is -2.31. The first-order chi connectivity index (χ1) is 13.7. The van der Waals surface area contributed by atoms with Gasteiger partial charge in [-0.15, -0.1) is 11.8 Å². The number of aromatic nitrogens is 3. The monoisotopic (exact) mass is 412 g/mol. The maximum absolute atomic E-state index is 12.8. The molecule has 144 valence electrons. The third kappa shape index (κ3) is 4.56. The Labute approximate surface area is 173 Å². The van der Waals surface area contributed by atoms with Gasteiger partial charge in [0.05, 0.1) is 6.04 Å². The van der Waals surface area contributed by atoms with Crippen LogP contribution in [0.4, 0.5) is 0 Å². The van der Waals surface area contributed by atoms with E-state index in [1.54, 1.807) is 24.4 Å². The summed E-state index contributed by atoms with van der Waals surface area (Å²) in [5, 5.41) is 4.96. The first-order valence-corrected chi connectivity index (χ1v) is 10.7. The van der Waals surface area contributed by atoms with Crippen molar-refractivity contribution in [2.45, 2.75) is 29.5 Å². The average molecular weight is 413 g/mol. The lowest BCUT2D eigenvalue weighted by Crippen LogP contribution is -2.39. The van der Waals surface area contributed by atoms with Crippen molar-refractivity contribution in [3.63, 3.8) is 0 Å². The Kier molecular flexibility index (Phi) is 5.98. The molecule has 0 aliphatic carbocycles. The second-order valence-electron chi connectivity index (χ2n) is 6.84. The molecule has 0 unspecified atom stereocenters. The summed E-state index contributed by atoms with van der Waals surface area (Å²) in [7, 11) is 0. The number of amides is 1. The summed E-state index contributed by atoms with van der Waals surface area (Å²) < 4.78 is 1.90. The van der Waals surface area contributed by atoms with Gasteiger partial charge in [0.2, 0.25) is 0 Å². The Morgan fingerprint density at radius 1 is 1.07 bits per heavy atom. The lowest BCUT2D eigenvalue weighted by atomic mass is 10.0. The summed E-state index contributed by atoms with van der Waals surface area (Å²) in [5.74, 6) is 0.966. The Morgan fingerprint density at radius 3 is 2.43 bits per heavy atom. The van der Waals surface area contributed by atoms with Gasteiger partial charge in [0.1, 0.15) is 12.7 Å². The van der Waals surface area contributed by atoms with E-state index in [0.717, 1.165) is 42.3 Å². The standard InChI is InChI=1S/C21H21ClN4OS/c22-18-5-7-20(8-6-18)28-13-16-1-3-17(4-2-16)21(27)25-11-9-19(10-12-25)26-15-23-14-24-26/h1-8,14-15,19H,9-13H2. The Balaban J connectivity index is 1.31. The van der Waals surface area contributed by atoms with Crippen molar-refractivity contribution in [2.75, 3.05) is 13.1 Å². The van der Waals surface area contributed by atoms with Crippen LogP contribution in [0.2, 0.25) is 5.02 Å². The number of piperidine rings is 1. The highest BCUT2D eigenvalue weighted by Crippen LogP contribution is 2.25. The molecule has 2 aromatic carbocycles. The molecule has 7 heteroatoms. The van der Waals surface area contributed by atoms with Gasteiger partial charge in [0.25, 0.3) is 5.91 Å². The number of hydrogen-bond donors (Lipinski definition) is 0. The molecule has 0 radical (unpaired) electrons. The quantitative estimate of drug-likeness (QED) is 0.570. The molecule has 1 saturated heterocycles. The Morgan fingerprint density at radius 2 is 1.79 bits per heavy atom. The summed E-state index contributed by atoms with van der Waals surface area (Å²) in [6, 6.07) is 16.1. The number of hydrogen-bond acceptors (Lipinski definition) is 4. The predicted molar refractivity (Wildman–Crippen MR) is 112 cm³/mol. The van der Waals surface area contributed by atoms with E-state index < -0.39 is 0 Å². The van der Waals surface area contributed by atoms with Crippen molar-refractivity contribution in [3.05, 3.63) is 77.3 Å². The molecular weight excluding hydrogens is 392 g/mol. The van der Waals surface area contributed by atoms with Crippen LogP contribution in [-0.2, 0) is 5.75 Å². The summed E-state index contributed by atoms with van der Waals surface area (Å²) >= 11 is 7.68. The van der Waals surface area contributed by atoms with E-state index in [-0.39, 0.29) is 5.91 Å². The van der Waals surface area contributed by atoms with E-state index in [1.807, 2.05) is 58.1 Å². The SMILES string of the molecule is O=C(c1ccc(CSc2ccc(Cl)cc2)cc1)N1CCC(n2cncn2)CC1. The predicted octanol–water partition coefficient (Wildman–Crippen LogP) is 4.70. The molecule has 1 fully saturated rings. The van der Waals surface area contributed by atoms with Gasteiger partial charge in [-0.1, -0.05) is 23.7 Å². The van der Waals surface area contributed by atoms with Gasteiger partial charge >= 0.3 is 0 Å². The topological polar surface area (TPSA) is 51.0 Å². The number of likely N-dealkylation sites (tertiary alicyclic amines) is 1. The zero-order chi connectivity index (χ0) is 19.3. The number of carbonyl (C=O) groups excluding carboxylic acids is 1. The zero-order valence-electron chi connectivity index (χ0n) is 15.4. The number of benzene rings is 2. The number of carbonyl (C=O) groups is 1. The molecule has 0 saturated carbocycles. The number of nitrogens with zero attached hydrogens (tertiary/aromatic N) is 4. The largest absolute Gasteiger partial charge is 0.338 e. The van der Waals surface area contributed by atoms with Gasteiger partial charge in [0.15, 0.2) is 0 Å². The van der Waals surface area contributed by atoms with Crippen LogP contribution in [0.1, 0.15) is 34.8 Å². The van der Waals surface area contributed by atoms with Crippen LogP contribution in [0, 0.1) is 0 Å². The van der Waals surface area contributed by atoms with Crippen LogP contribution in [0.3, 0.4) is 0 Å². The van der Waals surface area contributed by atoms with Crippen LogP contribution in [0.25, 0.3) is 0 Å². The number of thioether (sulfide) groups is 1. The lowest BCUT2D eigenvalue weighted by Gasteiger charge is -2.32. The van der Waals surface area contributed by atoms with Crippen LogP contribution in [0.5, 0.6) is 0 Å². The van der Waals surface area contributed by atoms with Gasteiger partial charge in [-0.2, -0.15) is 5.10 Å². The van der Waals surface area contributed by atoms with Gasteiger partial charge < -0.3 is 4.90 Å². The average Bonchev–Trinajstić information content (AvgIpc) is 3.28. The first-order valence-electron chi connectivity index (χ1n) is 9.30. The zero-order valence-corrected chi connectivity index (χ0v) is 16.9. The maximum atomic E-state index is 12.8. The third-order valence-electron chi connectivity index (χ3n) is 4.98. The van der Waals surface area contributed by atoms with Crippen LogP contribution in [0.15, 0.2) is 66.1 Å². The van der Waals surface area contributed by atoms with Crippen LogP contribution in [-0.4, -0.2) is 38.7 Å². The van der Waals surface area contributed by atoms with E-state index in [1.165, 1.54) is 10.5 Å². The highest BCUT2D eigenvalue weighted by Gasteiger charge is 2.24. The smallest absolute Gasteiger partial charge is 0.253 e. The normalized spacial score (nSPS) is 15.0. The fourth-order valence-electron chi connectivity index (χ4n) is 3.36. The van der Waals surface area contributed by atoms with Gasteiger partial charge in [-0.05, 0) is 54.8 Å². The molecular formula is C21H21ClN4OS. The fraction of sp³-hybridized carbons (Fsp3) is 0.286. The van der Waals surface area contributed by atoms with Crippen molar-refractivity contribution >= 4 is 29.3 Å². The molecule has 0 bridgehead atoms. The summed E-state index contributed by atoms with van der Waals surface area (Å²) in [6.07, 6.45) is 5.13. The second-order valence-corrected chi connectivity index (χ2v) is 8.32. The molecule has 4 rings (SSSR count). The van der Waals surface area contributed by atoms with Gasteiger partial charge in [-0.3, -0.25) is 4.79 Å². The van der Waals surface area contributed by atoms with E-state index in [0.29, 0.717) is 6.04 Å². The summed E-state index contributed by atoms with van der Waals surface area (Å²) in [6.45, 7) is 1.50. The van der Waals surface area contributed by atoms with Gasteiger partial charge in [-0.25, -0.2) is 9.67 Å². The lowest BCUT2D eigenvalue weighted by molar-refractivity contribution is 0.0690. The van der Waals surface area contributed by atoms with Crippen molar-refractivity contribution < 1.29 is 4.79 Å². The van der Waals surface area contributed by atoms with Crippen molar-refractivity contribution in [3.8, 4) is 0 Å². The van der Waals surface area contributed by atoms with E-state index in [9.17, 15) is 4.79 Å². The van der Waals surface area contributed by atoms with Crippen molar-refractivity contribution in [2.24, 2.45) is 0 Å².